The van der Waals surface area contributed by atoms with Crippen LogP contribution in [-0.4, -0.2) is 25.6 Å². The number of hydrogen-bond acceptors (Lipinski definition) is 6. The zero-order chi connectivity index (χ0) is 21.4. The number of terminal acetylenes is 1. The van der Waals surface area contributed by atoms with Crippen LogP contribution in [0.2, 0.25) is 5.02 Å². The lowest BCUT2D eigenvalue weighted by atomic mass is 10.1. The van der Waals surface area contributed by atoms with Crippen LogP contribution in [0.25, 0.3) is 6.08 Å². The normalized spacial score (nSPS) is 10.4. The summed E-state index contributed by atoms with van der Waals surface area (Å²) >= 11 is 6.19. The Kier molecular flexibility index (Phi) is 7.25. The fraction of sp³-hybridized carbons (Fsp3) is 0.0952. The van der Waals surface area contributed by atoms with Crippen LogP contribution in [0.1, 0.15) is 15.9 Å². The van der Waals surface area contributed by atoms with Gasteiger partial charge < -0.3 is 24.7 Å². The molecule has 0 aromatic heterocycles. The third-order valence-electron chi connectivity index (χ3n) is 3.61. The van der Waals surface area contributed by atoms with E-state index in [-0.39, 0.29) is 34.3 Å². The minimum absolute atomic E-state index is 0.00610. The predicted octanol–water partition coefficient (Wildman–Crippen LogP) is 2.27. The number of carboxylic acids is 1. The molecule has 2 aromatic carbocycles. The molecule has 0 fully saturated rings. The zero-order valence-electron chi connectivity index (χ0n) is 15.2. The molecule has 2 rings (SSSR count). The van der Waals surface area contributed by atoms with Crippen molar-refractivity contribution < 1.29 is 24.2 Å². The molecule has 8 heteroatoms. The highest BCUT2D eigenvalue weighted by atomic mass is 35.5. The average Bonchev–Trinajstić information content (AvgIpc) is 2.71. The number of rotatable bonds is 7. The number of amides is 1. The Morgan fingerprint density at radius 2 is 2.00 bits per heavy atom. The summed E-state index contributed by atoms with van der Waals surface area (Å²) in [6.07, 6.45) is 6.49. The van der Waals surface area contributed by atoms with Gasteiger partial charge in [-0.05, 0) is 41.5 Å². The first-order chi connectivity index (χ1) is 13.9. The predicted molar refractivity (Wildman–Crippen MR) is 105 cm³/mol. The fourth-order valence-electron chi connectivity index (χ4n) is 2.28. The topological polar surface area (TPSA) is 111 Å². The number of anilines is 1. The van der Waals surface area contributed by atoms with Crippen LogP contribution in [0.4, 0.5) is 5.69 Å². The summed E-state index contributed by atoms with van der Waals surface area (Å²) < 4.78 is 10.6. The maximum Gasteiger partial charge on any atom is 0.266 e. The van der Waals surface area contributed by atoms with Crippen LogP contribution in [0.5, 0.6) is 11.5 Å². The third kappa shape index (κ3) is 5.52. The summed E-state index contributed by atoms with van der Waals surface area (Å²) in [5.74, 6) is 0.839. The van der Waals surface area contributed by atoms with Gasteiger partial charge in [0.1, 0.15) is 18.2 Å². The van der Waals surface area contributed by atoms with Gasteiger partial charge in [0, 0.05) is 5.69 Å². The van der Waals surface area contributed by atoms with E-state index in [0.29, 0.717) is 11.3 Å². The van der Waals surface area contributed by atoms with Gasteiger partial charge in [0.25, 0.3) is 5.91 Å². The van der Waals surface area contributed by atoms with Gasteiger partial charge >= 0.3 is 0 Å². The maximum atomic E-state index is 12.4. The number of hydrogen-bond donors (Lipinski definition) is 1. The number of benzene rings is 2. The second-order valence-corrected chi connectivity index (χ2v) is 5.92. The molecule has 0 saturated heterocycles. The monoisotopic (exact) mass is 409 g/mol. The van der Waals surface area contributed by atoms with Crippen molar-refractivity contribution >= 4 is 35.2 Å². The molecular formula is C21H14ClN2O5-. The standard InChI is InChI=1S/C21H15ClN2O5/c1-3-8-29-19-17(22)10-13(11-18(19)28-2)9-15(12-23)20(25)24-16-6-4-14(5-7-16)21(26)27/h1,4-7,9-11H,8H2,2H3,(H,24,25)(H,26,27)/p-1/b15-9+. The third-order valence-corrected chi connectivity index (χ3v) is 3.89. The highest BCUT2D eigenvalue weighted by Gasteiger charge is 2.14. The Hall–Kier alpha value is -3.94. The molecule has 0 atom stereocenters. The number of ether oxygens (including phenoxy) is 2. The van der Waals surface area contributed by atoms with E-state index in [9.17, 15) is 20.0 Å². The van der Waals surface area contributed by atoms with E-state index in [1.54, 1.807) is 0 Å². The molecular weight excluding hydrogens is 396 g/mol. The molecule has 29 heavy (non-hydrogen) atoms. The van der Waals surface area contributed by atoms with Crippen LogP contribution in [0.3, 0.4) is 0 Å². The van der Waals surface area contributed by atoms with Crippen LogP contribution in [0.15, 0.2) is 42.0 Å². The van der Waals surface area contributed by atoms with Crippen molar-refractivity contribution in [1.29, 1.82) is 5.26 Å². The van der Waals surface area contributed by atoms with Gasteiger partial charge in [0.05, 0.1) is 18.1 Å². The van der Waals surface area contributed by atoms with Gasteiger partial charge in [-0.15, -0.1) is 6.42 Å². The fourth-order valence-corrected chi connectivity index (χ4v) is 2.55. The lowest BCUT2D eigenvalue weighted by Gasteiger charge is -2.12. The summed E-state index contributed by atoms with van der Waals surface area (Å²) in [5.41, 5.74) is 0.506. The van der Waals surface area contributed by atoms with Crippen molar-refractivity contribution in [3.05, 3.63) is 58.1 Å². The Balaban J connectivity index is 2.27. The molecule has 0 unspecified atom stereocenters. The zero-order valence-corrected chi connectivity index (χ0v) is 15.9. The lowest BCUT2D eigenvalue weighted by molar-refractivity contribution is -0.255. The Bertz CT molecular complexity index is 1050. The molecule has 0 radical (unpaired) electrons. The quantitative estimate of drug-likeness (QED) is 0.426. The van der Waals surface area contributed by atoms with Gasteiger partial charge in [0.2, 0.25) is 0 Å². The van der Waals surface area contributed by atoms with E-state index < -0.39 is 11.9 Å². The van der Waals surface area contributed by atoms with Crippen molar-refractivity contribution in [2.75, 3.05) is 19.0 Å². The number of carboxylic acid groups (broad SMARTS) is 1. The second kappa shape index (κ2) is 9.84. The van der Waals surface area contributed by atoms with Gasteiger partial charge in [-0.25, -0.2) is 0 Å². The molecule has 146 valence electrons. The minimum atomic E-state index is -1.33. The van der Waals surface area contributed by atoms with E-state index in [0.717, 1.165) is 0 Å². The molecule has 1 amide bonds. The molecule has 0 saturated carbocycles. The number of carbonyl (C=O) groups excluding carboxylic acids is 2. The molecule has 1 N–H and O–H groups in total. The van der Waals surface area contributed by atoms with Gasteiger partial charge in [-0.2, -0.15) is 5.26 Å². The maximum absolute atomic E-state index is 12.4. The molecule has 0 spiro atoms. The van der Waals surface area contributed by atoms with Crippen molar-refractivity contribution in [3.63, 3.8) is 0 Å². The number of nitrogens with one attached hydrogen (secondary N) is 1. The van der Waals surface area contributed by atoms with E-state index in [4.69, 9.17) is 27.5 Å². The van der Waals surface area contributed by atoms with Crippen LogP contribution < -0.4 is 19.9 Å². The highest BCUT2D eigenvalue weighted by Crippen LogP contribution is 2.37. The first kappa shape index (κ1) is 21.4. The van der Waals surface area contributed by atoms with Gasteiger partial charge in [-0.3, -0.25) is 4.79 Å². The number of aromatic carboxylic acids is 1. The van der Waals surface area contributed by atoms with Crippen LogP contribution >= 0.6 is 11.6 Å². The van der Waals surface area contributed by atoms with E-state index in [1.165, 1.54) is 49.6 Å². The number of nitrogens with zero attached hydrogens (tertiary/aromatic N) is 1. The van der Waals surface area contributed by atoms with E-state index >= 15 is 0 Å². The van der Waals surface area contributed by atoms with Crippen molar-refractivity contribution in [1.82, 2.24) is 0 Å². The molecule has 2 aromatic rings. The minimum Gasteiger partial charge on any atom is -0.545 e. The molecule has 0 heterocycles. The van der Waals surface area contributed by atoms with Crippen LogP contribution in [-0.2, 0) is 4.79 Å². The Morgan fingerprint density at radius 3 is 2.55 bits per heavy atom. The second-order valence-electron chi connectivity index (χ2n) is 5.52. The van der Waals surface area contributed by atoms with Crippen molar-refractivity contribution in [2.45, 2.75) is 0 Å². The number of carbonyl (C=O) groups is 2. The molecule has 0 aliphatic rings. The summed E-state index contributed by atoms with van der Waals surface area (Å²) in [5, 5.41) is 22.8. The summed E-state index contributed by atoms with van der Waals surface area (Å²) in [4.78, 5) is 23.1. The van der Waals surface area contributed by atoms with Gasteiger partial charge in [0.15, 0.2) is 11.5 Å². The number of halogens is 1. The Labute approximate surface area is 172 Å². The van der Waals surface area contributed by atoms with E-state index in [1.807, 2.05) is 6.07 Å². The van der Waals surface area contributed by atoms with Crippen molar-refractivity contribution in [2.24, 2.45) is 0 Å². The number of nitriles is 1. The Morgan fingerprint density at radius 1 is 1.31 bits per heavy atom. The number of methoxy groups -OCH3 is 1. The van der Waals surface area contributed by atoms with Crippen molar-refractivity contribution in [3.8, 4) is 29.9 Å². The van der Waals surface area contributed by atoms with E-state index in [2.05, 4.69) is 11.2 Å². The van der Waals surface area contributed by atoms with Gasteiger partial charge in [-0.1, -0.05) is 29.7 Å². The highest BCUT2D eigenvalue weighted by molar-refractivity contribution is 6.32. The summed E-state index contributed by atoms with van der Waals surface area (Å²) in [6.45, 7) is -0.00610. The lowest BCUT2D eigenvalue weighted by Crippen LogP contribution is -2.22. The molecule has 0 bridgehead atoms. The SMILES string of the molecule is C#CCOc1c(Cl)cc(/C=C(\C#N)C(=O)Nc2ccc(C(=O)[O-])cc2)cc1OC. The first-order valence-electron chi connectivity index (χ1n) is 8.08. The largest absolute Gasteiger partial charge is 0.545 e. The molecule has 0 aliphatic carbocycles. The molecule has 0 aliphatic heterocycles. The van der Waals surface area contributed by atoms with Crippen LogP contribution in [0, 0.1) is 23.7 Å². The summed E-state index contributed by atoms with van der Waals surface area (Å²) in [6, 6.07) is 10.2. The first-order valence-corrected chi connectivity index (χ1v) is 8.45. The molecule has 7 nitrogen and oxygen atoms in total. The summed E-state index contributed by atoms with van der Waals surface area (Å²) in [7, 11) is 1.41. The average molecular weight is 410 g/mol. The smallest absolute Gasteiger partial charge is 0.266 e.